The van der Waals surface area contributed by atoms with Gasteiger partial charge in [0.25, 0.3) is 0 Å². The molecule has 1 heterocycles. The second-order valence-electron chi connectivity index (χ2n) is 4.30. The first-order chi connectivity index (χ1) is 9.52. The molecule has 1 amide bonds. The monoisotopic (exact) mass is 363 g/mol. The fourth-order valence-electron chi connectivity index (χ4n) is 1.67. The van der Waals surface area contributed by atoms with Crippen molar-refractivity contribution in [1.82, 2.24) is 5.32 Å². The number of carboxylic acids is 1. The third kappa shape index (κ3) is 6.49. The van der Waals surface area contributed by atoms with E-state index in [1.165, 1.54) is 12.0 Å². The Morgan fingerprint density at radius 1 is 1.50 bits per heavy atom. The van der Waals surface area contributed by atoms with Crippen molar-refractivity contribution in [2.24, 2.45) is 0 Å². The highest BCUT2D eigenvalue weighted by Crippen LogP contribution is 2.23. The van der Waals surface area contributed by atoms with Gasteiger partial charge in [-0.05, 0) is 40.9 Å². The minimum absolute atomic E-state index is 0.232. The summed E-state index contributed by atoms with van der Waals surface area (Å²) in [5, 5.41) is 11.5. The van der Waals surface area contributed by atoms with Crippen LogP contribution in [0.25, 0.3) is 0 Å². The van der Waals surface area contributed by atoms with E-state index in [-0.39, 0.29) is 12.3 Å². The third-order valence-electron chi connectivity index (χ3n) is 2.70. The molecule has 0 saturated heterocycles. The average molecular weight is 364 g/mol. The van der Waals surface area contributed by atoms with Crippen molar-refractivity contribution >= 4 is 39.1 Å². The van der Waals surface area contributed by atoms with Crippen molar-refractivity contribution in [3.8, 4) is 0 Å². The highest BCUT2D eigenvalue weighted by atomic mass is 79.9. The summed E-state index contributed by atoms with van der Waals surface area (Å²) in [6.45, 7) is 0.306. The largest absolute Gasteiger partial charge is 0.480 e. The van der Waals surface area contributed by atoms with Crippen LogP contribution < -0.4 is 5.32 Å². The molecule has 7 heteroatoms. The van der Waals surface area contributed by atoms with Gasteiger partial charge in [0.2, 0.25) is 5.91 Å². The lowest BCUT2D eigenvalue weighted by molar-refractivity contribution is -0.142. The number of hydrogen-bond acceptors (Lipinski definition) is 4. The number of aryl methyl sites for hydroxylation is 1. The lowest BCUT2D eigenvalue weighted by atomic mass is 10.1. The van der Waals surface area contributed by atoms with E-state index >= 15 is 0 Å². The maximum atomic E-state index is 11.7. The quantitative estimate of drug-likeness (QED) is 0.706. The average Bonchev–Trinajstić information content (AvgIpc) is 2.80. The number of nitrogens with one attached hydrogen (secondary N) is 1. The van der Waals surface area contributed by atoms with Gasteiger partial charge in [0.15, 0.2) is 0 Å². The van der Waals surface area contributed by atoms with Crippen molar-refractivity contribution < 1.29 is 19.4 Å². The van der Waals surface area contributed by atoms with Gasteiger partial charge in [-0.3, -0.25) is 4.79 Å². The zero-order chi connectivity index (χ0) is 15.0. The van der Waals surface area contributed by atoms with Crippen molar-refractivity contribution in [2.45, 2.75) is 31.7 Å². The number of ether oxygens (including phenoxy) is 1. The van der Waals surface area contributed by atoms with Crippen molar-refractivity contribution in [1.29, 1.82) is 0 Å². The summed E-state index contributed by atoms with van der Waals surface area (Å²) in [5.74, 6) is -1.26. The highest BCUT2D eigenvalue weighted by Gasteiger charge is 2.19. The van der Waals surface area contributed by atoms with Crippen LogP contribution in [0.3, 0.4) is 0 Å². The standard InChI is InChI=1S/C13H18BrNO4S/c1-19-8-7-10(13(17)18)15-12(16)4-2-3-9-5-6-11(14)20-9/h5-6,10H,2-4,7-8H2,1H3,(H,15,16)(H,17,18). The molecule has 0 aliphatic carbocycles. The number of methoxy groups -OCH3 is 1. The minimum atomic E-state index is -1.03. The molecule has 0 fully saturated rings. The van der Waals surface area contributed by atoms with Gasteiger partial charge in [-0.15, -0.1) is 11.3 Å². The summed E-state index contributed by atoms with van der Waals surface area (Å²) >= 11 is 5.03. The Labute approximate surface area is 130 Å². The third-order valence-corrected chi connectivity index (χ3v) is 4.38. The number of carbonyl (C=O) groups is 2. The van der Waals surface area contributed by atoms with Gasteiger partial charge in [0, 0.05) is 31.4 Å². The van der Waals surface area contributed by atoms with E-state index in [1.807, 2.05) is 12.1 Å². The Hall–Kier alpha value is -0.920. The Morgan fingerprint density at radius 3 is 2.80 bits per heavy atom. The minimum Gasteiger partial charge on any atom is -0.480 e. The second-order valence-corrected chi connectivity index (χ2v) is 6.85. The summed E-state index contributed by atoms with van der Waals surface area (Å²) in [6.07, 6.45) is 2.12. The molecule has 1 unspecified atom stereocenters. The molecule has 0 saturated carbocycles. The summed E-state index contributed by atoms with van der Waals surface area (Å²) in [7, 11) is 1.50. The number of carboxylic acid groups (broad SMARTS) is 1. The molecule has 0 bridgehead atoms. The van der Waals surface area contributed by atoms with Crippen LogP contribution in [-0.2, 0) is 20.7 Å². The van der Waals surface area contributed by atoms with E-state index in [2.05, 4.69) is 21.2 Å². The van der Waals surface area contributed by atoms with Crippen LogP contribution in [0.15, 0.2) is 15.9 Å². The summed E-state index contributed by atoms with van der Waals surface area (Å²) in [4.78, 5) is 23.9. The number of thiophene rings is 1. The summed E-state index contributed by atoms with van der Waals surface area (Å²) < 4.78 is 5.90. The van der Waals surface area contributed by atoms with Gasteiger partial charge in [-0.1, -0.05) is 0 Å². The van der Waals surface area contributed by atoms with Crippen LogP contribution in [0, 0.1) is 0 Å². The molecule has 0 aromatic carbocycles. The zero-order valence-electron chi connectivity index (χ0n) is 11.2. The molecule has 0 aliphatic heterocycles. The van der Waals surface area contributed by atoms with Crippen molar-refractivity contribution in [2.75, 3.05) is 13.7 Å². The zero-order valence-corrected chi connectivity index (χ0v) is 13.6. The SMILES string of the molecule is COCCC(NC(=O)CCCc1ccc(Br)s1)C(=O)O. The van der Waals surface area contributed by atoms with E-state index in [9.17, 15) is 9.59 Å². The highest BCUT2D eigenvalue weighted by molar-refractivity contribution is 9.11. The van der Waals surface area contributed by atoms with Gasteiger partial charge >= 0.3 is 5.97 Å². The van der Waals surface area contributed by atoms with Gasteiger partial charge in [0.1, 0.15) is 6.04 Å². The molecule has 1 atom stereocenters. The van der Waals surface area contributed by atoms with Crippen LogP contribution >= 0.6 is 27.3 Å². The van der Waals surface area contributed by atoms with E-state index in [1.54, 1.807) is 11.3 Å². The van der Waals surface area contributed by atoms with E-state index in [4.69, 9.17) is 9.84 Å². The maximum absolute atomic E-state index is 11.7. The molecular formula is C13H18BrNO4S. The molecule has 0 spiro atoms. The Morgan fingerprint density at radius 2 is 2.25 bits per heavy atom. The summed E-state index contributed by atoms with van der Waals surface area (Å²) in [5.41, 5.74) is 0. The molecule has 1 rings (SSSR count). The first kappa shape index (κ1) is 17.1. The van der Waals surface area contributed by atoms with E-state index < -0.39 is 12.0 Å². The number of hydrogen-bond donors (Lipinski definition) is 2. The molecule has 1 aromatic heterocycles. The first-order valence-corrected chi connectivity index (χ1v) is 7.89. The Kier molecular flexibility index (Phi) is 7.79. The van der Waals surface area contributed by atoms with Gasteiger partial charge in [0.05, 0.1) is 3.79 Å². The molecule has 20 heavy (non-hydrogen) atoms. The molecular weight excluding hydrogens is 346 g/mol. The molecule has 0 radical (unpaired) electrons. The molecule has 2 N–H and O–H groups in total. The van der Waals surface area contributed by atoms with Crippen LogP contribution in [0.1, 0.15) is 24.1 Å². The first-order valence-electron chi connectivity index (χ1n) is 6.28. The van der Waals surface area contributed by atoms with Crippen molar-refractivity contribution in [3.05, 3.63) is 20.8 Å². The fourth-order valence-corrected chi connectivity index (χ4v) is 3.19. The predicted octanol–water partition coefficient (Wildman–Crippen LogP) is 2.44. The fraction of sp³-hybridized carbons (Fsp3) is 0.538. The summed E-state index contributed by atoms with van der Waals surface area (Å²) in [6, 6.07) is 3.12. The van der Waals surface area contributed by atoms with E-state index in [0.717, 1.165) is 10.2 Å². The van der Waals surface area contributed by atoms with Crippen LogP contribution in [0.4, 0.5) is 0 Å². The molecule has 0 aliphatic rings. The lowest BCUT2D eigenvalue weighted by Gasteiger charge is -2.13. The molecule has 1 aromatic rings. The number of amides is 1. The normalized spacial score (nSPS) is 12.1. The van der Waals surface area contributed by atoms with Crippen LogP contribution in [0.5, 0.6) is 0 Å². The van der Waals surface area contributed by atoms with E-state index in [0.29, 0.717) is 19.4 Å². The molecule has 112 valence electrons. The van der Waals surface area contributed by atoms with Crippen LogP contribution in [0.2, 0.25) is 0 Å². The van der Waals surface area contributed by atoms with Crippen molar-refractivity contribution in [3.63, 3.8) is 0 Å². The predicted molar refractivity (Wildman–Crippen MR) is 81.0 cm³/mol. The lowest BCUT2D eigenvalue weighted by Crippen LogP contribution is -2.41. The Bertz CT molecular complexity index is 449. The topological polar surface area (TPSA) is 75.6 Å². The van der Waals surface area contributed by atoms with Gasteiger partial charge in [-0.25, -0.2) is 4.79 Å². The maximum Gasteiger partial charge on any atom is 0.326 e. The van der Waals surface area contributed by atoms with Crippen LogP contribution in [-0.4, -0.2) is 36.7 Å². The number of carbonyl (C=O) groups excluding carboxylic acids is 1. The van der Waals surface area contributed by atoms with Gasteiger partial charge in [-0.2, -0.15) is 0 Å². The number of rotatable bonds is 9. The number of aliphatic carboxylic acids is 1. The smallest absolute Gasteiger partial charge is 0.326 e. The van der Waals surface area contributed by atoms with Gasteiger partial charge < -0.3 is 15.2 Å². The Balaban J connectivity index is 2.28. The second kappa shape index (κ2) is 9.10. The number of halogens is 1. The molecule has 5 nitrogen and oxygen atoms in total.